The molecule has 1 aromatic rings. The van der Waals surface area contributed by atoms with E-state index in [1.165, 1.54) is 0 Å². The molecule has 0 spiro atoms. The summed E-state index contributed by atoms with van der Waals surface area (Å²) in [6, 6.07) is 5.03. The van der Waals surface area contributed by atoms with Gasteiger partial charge in [0.2, 0.25) is 0 Å². The van der Waals surface area contributed by atoms with Crippen molar-refractivity contribution in [2.45, 2.75) is 32.0 Å². The Morgan fingerprint density at radius 3 is 2.86 bits per heavy atom. The monoisotopic (exact) mass is 194 g/mol. The first kappa shape index (κ1) is 9.34. The first-order valence-corrected chi connectivity index (χ1v) is 4.68. The highest BCUT2D eigenvalue weighted by Gasteiger charge is 2.34. The van der Waals surface area contributed by atoms with Gasteiger partial charge in [-0.15, -0.1) is 0 Å². The van der Waals surface area contributed by atoms with E-state index in [9.17, 15) is 10.2 Å². The zero-order valence-corrected chi connectivity index (χ0v) is 8.32. The second-order valence-electron chi connectivity index (χ2n) is 4.27. The molecule has 0 saturated heterocycles. The molecule has 1 atom stereocenters. The minimum absolute atomic E-state index is 0.102. The highest BCUT2D eigenvalue weighted by molar-refractivity contribution is 5.47. The van der Waals surface area contributed by atoms with Crippen LogP contribution < -0.4 is 4.74 Å². The molecular weight excluding hydrogens is 180 g/mol. The molecule has 1 aliphatic rings. The molecule has 76 valence electrons. The van der Waals surface area contributed by atoms with E-state index >= 15 is 0 Å². The summed E-state index contributed by atoms with van der Waals surface area (Å²) in [5, 5.41) is 19.4. The first-order chi connectivity index (χ1) is 6.49. The van der Waals surface area contributed by atoms with Crippen molar-refractivity contribution in [3.05, 3.63) is 23.8 Å². The number of rotatable bonds is 0. The van der Waals surface area contributed by atoms with E-state index < -0.39 is 6.10 Å². The smallest absolute Gasteiger partial charge is 0.129 e. The van der Waals surface area contributed by atoms with Gasteiger partial charge in [-0.25, -0.2) is 0 Å². The van der Waals surface area contributed by atoms with E-state index in [0.717, 1.165) is 0 Å². The Bertz CT molecular complexity index is 358. The van der Waals surface area contributed by atoms with Gasteiger partial charge in [-0.05, 0) is 26.0 Å². The van der Waals surface area contributed by atoms with Gasteiger partial charge >= 0.3 is 0 Å². The predicted molar refractivity (Wildman–Crippen MR) is 52.4 cm³/mol. The molecule has 0 fully saturated rings. The normalized spacial score (nSPS) is 23.8. The minimum Gasteiger partial charge on any atom is -0.507 e. The molecule has 1 heterocycles. The van der Waals surface area contributed by atoms with Crippen molar-refractivity contribution in [1.82, 2.24) is 0 Å². The van der Waals surface area contributed by atoms with Gasteiger partial charge in [-0.3, -0.25) is 0 Å². The predicted octanol–water partition coefficient (Wildman–Crippen LogP) is 1.99. The van der Waals surface area contributed by atoms with Crippen molar-refractivity contribution in [1.29, 1.82) is 0 Å². The molecule has 3 nitrogen and oxygen atoms in total. The third kappa shape index (κ3) is 1.44. The zero-order chi connectivity index (χ0) is 10.3. The van der Waals surface area contributed by atoms with E-state index in [2.05, 4.69) is 0 Å². The number of phenols is 1. The van der Waals surface area contributed by atoms with E-state index in [1.54, 1.807) is 18.2 Å². The molecule has 0 saturated carbocycles. The van der Waals surface area contributed by atoms with E-state index in [-0.39, 0.29) is 11.4 Å². The largest absolute Gasteiger partial charge is 0.507 e. The SMILES string of the molecule is CC1(C)C[C@@H](O)c2c(O)cccc2O1. The summed E-state index contributed by atoms with van der Waals surface area (Å²) in [4.78, 5) is 0. The highest BCUT2D eigenvalue weighted by atomic mass is 16.5. The van der Waals surface area contributed by atoms with Crippen molar-refractivity contribution in [2.24, 2.45) is 0 Å². The van der Waals surface area contributed by atoms with Crippen LogP contribution in [0.25, 0.3) is 0 Å². The zero-order valence-electron chi connectivity index (χ0n) is 8.32. The fourth-order valence-corrected chi connectivity index (χ4v) is 1.86. The van der Waals surface area contributed by atoms with Gasteiger partial charge in [0.25, 0.3) is 0 Å². The minimum atomic E-state index is -0.644. The summed E-state index contributed by atoms with van der Waals surface area (Å²) in [7, 11) is 0. The number of ether oxygens (including phenoxy) is 1. The van der Waals surface area contributed by atoms with Crippen LogP contribution in [0, 0.1) is 0 Å². The second kappa shape index (κ2) is 2.89. The fourth-order valence-electron chi connectivity index (χ4n) is 1.86. The molecule has 3 heteroatoms. The van der Waals surface area contributed by atoms with Crippen molar-refractivity contribution in [3.63, 3.8) is 0 Å². The molecule has 0 unspecified atom stereocenters. The van der Waals surface area contributed by atoms with Crippen molar-refractivity contribution >= 4 is 0 Å². The van der Waals surface area contributed by atoms with Gasteiger partial charge in [0.05, 0.1) is 11.7 Å². The van der Waals surface area contributed by atoms with Gasteiger partial charge in [-0.2, -0.15) is 0 Å². The number of hydrogen-bond donors (Lipinski definition) is 2. The van der Waals surface area contributed by atoms with Crippen LogP contribution in [0.2, 0.25) is 0 Å². The second-order valence-corrected chi connectivity index (χ2v) is 4.27. The van der Waals surface area contributed by atoms with Gasteiger partial charge in [0.15, 0.2) is 0 Å². The molecule has 0 bridgehead atoms. The van der Waals surface area contributed by atoms with Crippen LogP contribution in [0.1, 0.15) is 31.9 Å². The molecule has 2 rings (SSSR count). The van der Waals surface area contributed by atoms with Crippen LogP contribution in [0.5, 0.6) is 11.5 Å². The summed E-state index contributed by atoms with van der Waals surface area (Å²) in [5.74, 6) is 0.680. The Kier molecular flexibility index (Phi) is 1.93. The lowest BCUT2D eigenvalue weighted by molar-refractivity contribution is 0.0101. The van der Waals surface area contributed by atoms with Crippen LogP contribution in [0.15, 0.2) is 18.2 Å². The van der Waals surface area contributed by atoms with Gasteiger partial charge in [-0.1, -0.05) is 6.07 Å². The lowest BCUT2D eigenvalue weighted by Gasteiger charge is -2.35. The van der Waals surface area contributed by atoms with Gasteiger partial charge in [0, 0.05) is 6.42 Å². The van der Waals surface area contributed by atoms with E-state index in [1.807, 2.05) is 13.8 Å². The topological polar surface area (TPSA) is 49.7 Å². The fraction of sp³-hybridized carbons (Fsp3) is 0.455. The number of aliphatic hydroxyl groups excluding tert-OH is 1. The van der Waals surface area contributed by atoms with E-state index in [4.69, 9.17) is 4.74 Å². The Labute approximate surface area is 83.0 Å². The summed E-state index contributed by atoms with van der Waals surface area (Å²) < 4.78 is 5.65. The molecule has 2 N–H and O–H groups in total. The Balaban J connectivity index is 2.50. The molecule has 1 aliphatic heterocycles. The maximum Gasteiger partial charge on any atom is 0.129 e. The third-order valence-corrected chi connectivity index (χ3v) is 2.45. The van der Waals surface area contributed by atoms with Crippen molar-refractivity contribution in [2.75, 3.05) is 0 Å². The number of benzene rings is 1. The summed E-state index contributed by atoms with van der Waals surface area (Å²) >= 11 is 0. The summed E-state index contributed by atoms with van der Waals surface area (Å²) in [5.41, 5.74) is 0.132. The molecule has 0 aromatic heterocycles. The van der Waals surface area contributed by atoms with Crippen LogP contribution in [-0.2, 0) is 0 Å². The average Bonchev–Trinajstić information content (AvgIpc) is 2.00. The van der Waals surface area contributed by atoms with Crippen LogP contribution in [0.4, 0.5) is 0 Å². The lowest BCUT2D eigenvalue weighted by Crippen LogP contribution is -2.34. The Hall–Kier alpha value is -1.22. The van der Waals surface area contributed by atoms with Crippen molar-refractivity contribution < 1.29 is 14.9 Å². The number of aliphatic hydroxyl groups is 1. The number of aromatic hydroxyl groups is 1. The lowest BCUT2D eigenvalue weighted by atomic mass is 9.91. The number of fused-ring (bicyclic) bond motifs is 1. The number of hydrogen-bond acceptors (Lipinski definition) is 3. The molecule has 0 aliphatic carbocycles. The molecule has 1 aromatic carbocycles. The Morgan fingerprint density at radius 2 is 2.14 bits per heavy atom. The van der Waals surface area contributed by atoms with Crippen LogP contribution in [-0.4, -0.2) is 15.8 Å². The number of phenolic OH excluding ortho intramolecular Hbond substituents is 1. The highest BCUT2D eigenvalue weighted by Crippen LogP contribution is 2.43. The Morgan fingerprint density at radius 1 is 1.43 bits per heavy atom. The summed E-state index contributed by atoms with van der Waals surface area (Å²) in [6.45, 7) is 3.84. The molecule has 0 amide bonds. The molecule has 14 heavy (non-hydrogen) atoms. The standard InChI is InChI=1S/C11H14O3/c1-11(2)6-8(13)10-7(12)4-3-5-9(10)14-11/h3-5,8,12-13H,6H2,1-2H3/t8-/m1/s1. The van der Waals surface area contributed by atoms with Gasteiger partial charge in [0.1, 0.15) is 17.1 Å². The maximum atomic E-state index is 9.84. The van der Waals surface area contributed by atoms with Crippen LogP contribution in [0.3, 0.4) is 0 Å². The first-order valence-electron chi connectivity index (χ1n) is 4.68. The molecule has 0 radical (unpaired) electrons. The quantitative estimate of drug-likeness (QED) is 0.664. The van der Waals surface area contributed by atoms with E-state index in [0.29, 0.717) is 17.7 Å². The third-order valence-electron chi connectivity index (χ3n) is 2.45. The maximum absolute atomic E-state index is 9.84. The van der Waals surface area contributed by atoms with Crippen LogP contribution >= 0.6 is 0 Å². The van der Waals surface area contributed by atoms with Crippen molar-refractivity contribution in [3.8, 4) is 11.5 Å². The summed E-state index contributed by atoms with van der Waals surface area (Å²) in [6.07, 6.45) is -0.146. The average molecular weight is 194 g/mol. The van der Waals surface area contributed by atoms with Gasteiger partial charge < -0.3 is 14.9 Å². The molecular formula is C11H14O3.